The van der Waals surface area contributed by atoms with Gasteiger partial charge >= 0.3 is 0 Å². The molecule has 5 nitrogen and oxygen atoms in total. The zero-order chi connectivity index (χ0) is 17.9. The lowest BCUT2D eigenvalue weighted by Gasteiger charge is -2.24. The fourth-order valence-corrected chi connectivity index (χ4v) is 4.94. The first-order valence-electron chi connectivity index (χ1n) is 7.28. The molecule has 0 spiro atoms. The summed E-state index contributed by atoms with van der Waals surface area (Å²) in [7, 11) is -2.17. The van der Waals surface area contributed by atoms with Crippen molar-refractivity contribution in [3.63, 3.8) is 0 Å². The summed E-state index contributed by atoms with van der Waals surface area (Å²) in [5.41, 5.74) is 0.706. The number of carbonyl (C=O) groups is 1. The molecule has 0 aliphatic carbocycles. The summed E-state index contributed by atoms with van der Waals surface area (Å²) in [6.45, 7) is 3.45. The molecule has 24 heavy (non-hydrogen) atoms. The van der Waals surface area contributed by atoms with Crippen molar-refractivity contribution in [3.8, 4) is 0 Å². The topological polar surface area (TPSA) is 66.5 Å². The van der Waals surface area contributed by atoms with Gasteiger partial charge in [0.2, 0.25) is 5.91 Å². The molecule has 1 aromatic heterocycles. The molecule has 0 saturated carbocycles. The number of carbonyl (C=O) groups excluding carboxylic acids is 1. The molecule has 1 unspecified atom stereocenters. The third-order valence-corrected chi connectivity index (χ3v) is 7.16. The monoisotopic (exact) mass is 370 g/mol. The Morgan fingerprint density at radius 2 is 1.88 bits per heavy atom. The van der Waals surface area contributed by atoms with Gasteiger partial charge < -0.3 is 5.32 Å². The highest BCUT2D eigenvalue weighted by Gasteiger charge is 2.27. The number of nitrogens with one attached hydrogen (secondary N) is 1. The first-order valence-corrected chi connectivity index (χ1v) is 9.54. The van der Waals surface area contributed by atoms with E-state index in [4.69, 9.17) is 0 Å². The molecule has 2 rings (SSSR count). The third kappa shape index (κ3) is 4.19. The summed E-state index contributed by atoms with van der Waals surface area (Å²) in [6.07, 6.45) is 0. The van der Waals surface area contributed by atoms with E-state index in [-0.39, 0.29) is 15.9 Å². The van der Waals surface area contributed by atoms with Crippen molar-refractivity contribution in [2.24, 2.45) is 0 Å². The van der Waals surface area contributed by atoms with Crippen LogP contribution in [0.1, 0.15) is 30.3 Å². The Hall–Kier alpha value is -1.77. The molecule has 130 valence electrons. The number of rotatable bonds is 6. The highest BCUT2D eigenvalue weighted by atomic mass is 32.2. The van der Waals surface area contributed by atoms with Crippen molar-refractivity contribution in [1.29, 1.82) is 0 Å². The van der Waals surface area contributed by atoms with Crippen molar-refractivity contribution in [3.05, 3.63) is 52.7 Å². The summed E-state index contributed by atoms with van der Waals surface area (Å²) in [6, 6.07) is 8.54. The number of hydrogen-bond acceptors (Lipinski definition) is 4. The lowest BCUT2D eigenvalue weighted by molar-refractivity contribution is -0.119. The second-order valence-electron chi connectivity index (χ2n) is 5.38. The number of benzene rings is 1. The highest BCUT2D eigenvalue weighted by Crippen LogP contribution is 2.29. The van der Waals surface area contributed by atoms with Crippen molar-refractivity contribution in [1.82, 2.24) is 9.62 Å². The Labute approximate surface area is 145 Å². The van der Waals surface area contributed by atoms with Crippen molar-refractivity contribution in [2.75, 3.05) is 7.05 Å². The van der Waals surface area contributed by atoms with Gasteiger partial charge in [-0.3, -0.25) is 4.79 Å². The molecule has 2 aromatic rings. The molecule has 1 atom stereocenters. The van der Waals surface area contributed by atoms with Crippen LogP contribution in [0.4, 0.5) is 4.39 Å². The Kier molecular flexibility index (Phi) is 5.74. The standard InChI is InChI=1S/C16H19FN2O3S2/c1-11(13-4-6-14(17)7-5-13)19(3)24(21,22)16-9-8-15(23-16)10-18-12(2)20/h4-9,11H,10H2,1-3H3,(H,18,20). The number of sulfonamides is 1. The van der Waals surface area contributed by atoms with Gasteiger partial charge in [0.1, 0.15) is 10.0 Å². The lowest BCUT2D eigenvalue weighted by Crippen LogP contribution is -2.29. The summed E-state index contributed by atoms with van der Waals surface area (Å²) >= 11 is 1.12. The quantitative estimate of drug-likeness (QED) is 0.850. The predicted molar refractivity (Wildman–Crippen MR) is 91.6 cm³/mol. The van der Waals surface area contributed by atoms with Gasteiger partial charge in [-0.05, 0) is 36.8 Å². The molecule has 0 radical (unpaired) electrons. The van der Waals surface area contributed by atoms with E-state index in [1.807, 2.05) is 0 Å². The second-order valence-corrected chi connectivity index (χ2v) is 8.77. The van der Waals surface area contributed by atoms with Crippen molar-refractivity contribution >= 4 is 27.3 Å². The minimum atomic E-state index is -3.67. The molecule has 0 saturated heterocycles. The fraction of sp³-hybridized carbons (Fsp3) is 0.312. The maximum absolute atomic E-state index is 13.0. The van der Waals surface area contributed by atoms with Crippen molar-refractivity contribution < 1.29 is 17.6 Å². The maximum Gasteiger partial charge on any atom is 0.252 e. The van der Waals surface area contributed by atoms with E-state index in [9.17, 15) is 17.6 Å². The number of hydrogen-bond donors (Lipinski definition) is 1. The smallest absolute Gasteiger partial charge is 0.252 e. The van der Waals surface area contributed by atoms with Crippen LogP contribution in [0.3, 0.4) is 0 Å². The predicted octanol–water partition coefficient (Wildman–Crippen LogP) is 2.91. The van der Waals surface area contributed by atoms with Crippen LogP contribution in [0.5, 0.6) is 0 Å². The van der Waals surface area contributed by atoms with Gasteiger partial charge in [-0.25, -0.2) is 12.8 Å². The molecule has 8 heteroatoms. The van der Waals surface area contributed by atoms with Gasteiger partial charge in [-0.15, -0.1) is 11.3 Å². The minimum Gasteiger partial charge on any atom is -0.351 e. The summed E-state index contributed by atoms with van der Waals surface area (Å²) in [5.74, 6) is -0.535. The minimum absolute atomic E-state index is 0.171. The Bertz CT molecular complexity index is 816. The van der Waals surface area contributed by atoms with E-state index >= 15 is 0 Å². The van der Waals surface area contributed by atoms with Crippen LogP contribution in [-0.2, 0) is 21.4 Å². The van der Waals surface area contributed by atoms with Gasteiger partial charge in [0.05, 0.1) is 6.54 Å². The number of halogens is 1. The van der Waals surface area contributed by atoms with Gasteiger partial charge in [-0.2, -0.15) is 4.31 Å². The normalized spacial score (nSPS) is 13.0. The van der Waals surface area contributed by atoms with E-state index in [1.54, 1.807) is 25.1 Å². The average Bonchev–Trinajstić information content (AvgIpc) is 3.02. The molecule has 0 aliphatic rings. The van der Waals surface area contributed by atoms with E-state index < -0.39 is 16.1 Å². The van der Waals surface area contributed by atoms with Crippen LogP contribution in [0.15, 0.2) is 40.6 Å². The molecular weight excluding hydrogens is 351 g/mol. The maximum atomic E-state index is 13.0. The summed E-state index contributed by atoms with van der Waals surface area (Å²) < 4.78 is 40.0. The Morgan fingerprint density at radius 3 is 2.46 bits per heavy atom. The van der Waals surface area contributed by atoms with Gasteiger partial charge in [0.15, 0.2) is 0 Å². The first kappa shape index (κ1) is 18.6. The molecule has 1 heterocycles. The molecule has 0 bridgehead atoms. The molecule has 1 aromatic carbocycles. The third-order valence-electron chi connectivity index (χ3n) is 3.68. The molecule has 1 amide bonds. The van der Waals surface area contributed by atoms with E-state index in [0.717, 1.165) is 16.2 Å². The van der Waals surface area contributed by atoms with Gasteiger partial charge in [0.25, 0.3) is 10.0 Å². The van der Waals surface area contributed by atoms with Crippen molar-refractivity contribution in [2.45, 2.75) is 30.6 Å². The van der Waals surface area contributed by atoms with Crippen LogP contribution >= 0.6 is 11.3 Å². The van der Waals surface area contributed by atoms with Crippen LogP contribution in [0.2, 0.25) is 0 Å². The average molecular weight is 370 g/mol. The summed E-state index contributed by atoms with van der Waals surface area (Å²) in [5, 5.41) is 2.64. The molecule has 0 fully saturated rings. The van der Waals surface area contributed by atoms with E-state index in [1.165, 1.54) is 36.5 Å². The molecular formula is C16H19FN2O3S2. The zero-order valence-corrected chi connectivity index (χ0v) is 15.2. The Morgan fingerprint density at radius 1 is 1.25 bits per heavy atom. The number of nitrogens with zero attached hydrogens (tertiary/aromatic N) is 1. The van der Waals surface area contributed by atoms with Crippen LogP contribution in [0, 0.1) is 5.82 Å². The largest absolute Gasteiger partial charge is 0.351 e. The molecule has 0 aliphatic heterocycles. The van der Waals surface area contributed by atoms with Crippen LogP contribution in [-0.4, -0.2) is 25.7 Å². The number of amides is 1. The van der Waals surface area contributed by atoms with E-state index in [0.29, 0.717) is 12.1 Å². The van der Waals surface area contributed by atoms with Gasteiger partial charge in [0, 0.05) is 24.9 Å². The first-order chi connectivity index (χ1) is 11.2. The van der Waals surface area contributed by atoms with E-state index in [2.05, 4.69) is 5.32 Å². The lowest BCUT2D eigenvalue weighted by atomic mass is 10.1. The van der Waals surface area contributed by atoms with Crippen LogP contribution < -0.4 is 5.32 Å². The molecule has 1 N–H and O–H groups in total. The Balaban J connectivity index is 2.19. The van der Waals surface area contributed by atoms with Crippen LogP contribution in [0.25, 0.3) is 0 Å². The summed E-state index contributed by atoms with van der Waals surface area (Å²) in [4.78, 5) is 11.7. The van der Waals surface area contributed by atoms with Gasteiger partial charge in [-0.1, -0.05) is 12.1 Å². The highest BCUT2D eigenvalue weighted by molar-refractivity contribution is 7.91. The SMILES string of the molecule is CC(=O)NCc1ccc(S(=O)(=O)N(C)C(C)c2ccc(F)cc2)s1. The number of thiophene rings is 1. The zero-order valence-electron chi connectivity index (χ0n) is 13.6. The second kappa shape index (κ2) is 7.42. The fourth-order valence-electron chi connectivity index (χ4n) is 2.10.